The monoisotopic (exact) mass is 383 g/mol. The fraction of sp³-hybridized carbons (Fsp3) is 0.533. The van der Waals surface area contributed by atoms with Crippen molar-refractivity contribution in [1.82, 2.24) is 24.0 Å². The molecule has 0 radical (unpaired) electrons. The quantitative estimate of drug-likeness (QED) is 0.765. The van der Waals surface area contributed by atoms with Gasteiger partial charge in [0.2, 0.25) is 15.9 Å². The van der Waals surface area contributed by atoms with Crippen LogP contribution in [0.5, 0.6) is 0 Å². The molecule has 0 bridgehead atoms. The van der Waals surface area contributed by atoms with Gasteiger partial charge < -0.3 is 4.90 Å². The number of sulfonamides is 1. The van der Waals surface area contributed by atoms with Crippen LogP contribution in [0.15, 0.2) is 23.6 Å². The van der Waals surface area contributed by atoms with Gasteiger partial charge in [-0.1, -0.05) is 0 Å². The molecule has 136 valence electrons. The summed E-state index contributed by atoms with van der Waals surface area (Å²) >= 11 is 1.49. The molecule has 2 aromatic rings. The van der Waals surface area contributed by atoms with Crippen LogP contribution < -0.4 is 0 Å². The van der Waals surface area contributed by atoms with Crippen LogP contribution in [0.4, 0.5) is 0 Å². The Bertz CT molecular complexity index is 837. The maximum atomic E-state index is 12.8. The minimum absolute atomic E-state index is 0.00936. The summed E-state index contributed by atoms with van der Waals surface area (Å²) in [6, 6.07) is 1.73. The van der Waals surface area contributed by atoms with E-state index in [0.717, 1.165) is 9.75 Å². The highest BCUT2D eigenvalue weighted by Crippen LogP contribution is 2.28. The van der Waals surface area contributed by atoms with Crippen molar-refractivity contribution in [3.63, 3.8) is 0 Å². The number of piperazine rings is 1. The maximum absolute atomic E-state index is 12.8. The molecule has 1 aliphatic rings. The van der Waals surface area contributed by atoms with Gasteiger partial charge in [0.15, 0.2) is 0 Å². The van der Waals surface area contributed by atoms with Crippen LogP contribution in [0.2, 0.25) is 0 Å². The van der Waals surface area contributed by atoms with Gasteiger partial charge in [-0.05, 0) is 19.9 Å². The topological polar surface area (TPSA) is 88.4 Å². The third-order valence-electron chi connectivity index (χ3n) is 4.23. The second-order valence-electron chi connectivity index (χ2n) is 5.97. The first-order valence-corrected chi connectivity index (χ1v) is 10.3. The molecule has 1 amide bonds. The number of thiophene rings is 1. The second-order valence-corrected chi connectivity index (χ2v) is 9.34. The van der Waals surface area contributed by atoms with Gasteiger partial charge in [0, 0.05) is 42.4 Å². The number of carbonyl (C=O) groups excluding carboxylic acids is 1. The van der Waals surface area contributed by atoms with E-state index in [-0.39, 0.29) is 5.91 Å². The minimum atomic E-state index is -3.49. The van der Waals surface area contributed by atoms with Gasteiger partial charge in [-0.2, -0.15) is 9.40 Å². The third-order valence-corrected chi connectivity index (χ3v) is 7.35. The Morgan fingerprint density at radius 1 is 1.24 bits per heavy atom. The summed E-state index contributed by atoms with van der Waals surface area (Å²) in [5, 5.41) is 3.97. The van der Waals surface area contributed by atoms with Gasteiger partial charge >= 0.3 is 0 Å². The van der Waals surface area contributed by atoms with Gasteiger partial charge in [-0.25, -0.2) is 13.4 Å². The van der Waals surface area contributed by atoms with E-state index in [9.17, 15) is 13.2 Å². The predicted octanol–water partition coefficient (Wildman–Crippen LogP) is 0.880. The average Bonchev–Trinajstić information content (AvgIpc) is 3.22. The molecule has 8 nitrogen and oxygen atoms in total. The predicted molar refractivity (Wildman–Crippen MR) is 93.8 cm³/mol. The number of hydrogen-bond donors (Lipinski definition) is 0. The largest absolute Gasteiger partial charge is 0.340 e. The van der Waals surface area contributed by atoms with Crippen molar-refractivity contribution in [2.75, 3.05) is 26.2 Å². The summed E-state index contributed by atoms with van der Waals surface area (Å²) in [5.74, 6) is 0.00936. The van der Waals surface area contributed by atoms with Crippen molar-refractivity contribution in [2.24, 2.45) is 0 Å². The lowest BCUT2D eigenvalue weighted by molar-refractivity contribution is -0.132. The van der Waals surface area contributed by atoms with Gasteiger partial charge in [-0.3, -0.25) is 9.48 Å². The fourth-order valence-electron chi connectivity index (χ4n) is 2.90. The summed E-state index contributed by atoms with van der Waals surface area (Å²) in [7, 11) is -3.49. The smallest absolute Gasteiger partial charge is 0.244 e. The standard InChI is InChI=1S/C15H21N5O3S2/c1-12-9-14(13(2)24-12)25(22,23)20-7-5-18(6-8-20)15(21)3-4-19-11-16-10-17-19/h9-11H,3-8H2,1-2H3. The lowest BCUT2D eigenvalue weighted by Gasteiger charge is -2.34. The van der Waals surface area contributed by atoms with E-state index in [0.29, 0.717) is 44.0 Å². The molecule has 3 rings (SSSR count). The average molecular weight is 383 g/mol. The van der Waals surface area contributed by atoms with Crippen LogP contribution in [-0.4, -0.2) is 64.5 Å². The van der Waals surface area contributed by atoms with Crippen molar-refractivity contribution in [2.45, 2.75) is 31.7 Å². The molecule has 0 spiro atoms. The van der Waals surface area contributed by atoms with E-state index < -0.39 is 10.0 Å². The summed E-state index contributed by atoms with van der Waals surface area (Å²) in [4.78, 5) is 20.0. The van der Waals surface area contributed by atoms with E-state index in [1.807, 2.05) is 13.8 Å². The number of carbonyl (C=O) groups is 1. The van der Waals surface area contributed by atoms with E-state index in [1.54, 1.807) is 22.0 Å². The van der Waals surface area contributed by atoms with Crippen molar-refractivity contribution in [3.8, 4) is 0 Å². The molecule has 1 saturated heterocycles. The Morgan fingerprint density at radius 3 is 2.52 bits per heavy atom. The van der Waals surface area contributed by atoms with E-state index in [4.69, 9.17) is 0 Å². The fourth-order valence-corrected chi connectivity index (χ4v) is 5.84. The molecule has 3 heterocycles. The van der Waals surface area contributed by atoms with Gasteiger partial charge in [-0.15, -0.1) is 11.3 Å². The second kappa shape index (κ2) is 7.22. The normalized spacial score (nSPS) is 16.3. The molecule has 0 aliphatic carbocycles. The van der Waals surface area contributed by atoms with Crippen LogP contribution in [0.3, 0.4) is 0 Å². The zero-order chi connectivity index (χ0) is 18.0. The van der Waals surface area contributed by atoms with Crippen LogP contribution in [-0.2, 0) is 21.4 Å². The first-order chi connectivity index (χ1) is 11.9. The molecule has 0 unspecified atom stereocenters. The SMILES string of the molecule is Cc1cc(S(=O)(=O)N2CCN(C(=O)CCn3cncn3)CC2)c(C)s1. The highest BCUT2D eigenvalue weighted by Gasteiger charge is 2.31. The molecule has 1 aliphatic heterocycles. The Kier molecular flexibility index (Phi) is 5.21. The summed E-state index contributed by atoms with van der Waals surface area (Å²) in [6.07, 6.45) is 3.34. The molecule has 0 aromatic carbocycles. The number of rotatable bonds is 5. The summed E-state index contributed by atoms with van der Waals surface area (Å²) < 4.78 is 28.7. The third kappa shape index (κ3) is 3.91. The number of amides is 1. The molecular weight excluding hydrogens is 362 g/mol. The molecule has 0 atom stereocenters. The highest BCUT2D eigenvalue weighted by atomic mass is 32.2. The summed E-state index contributed by atoms with van der Waals surface area (Å²) in [6.45, 7) is 5.69. The van der Waals surface area contributed by atoms with Crippen LogP contribution in [0.1, 0.15) is 16.2 Å². The van der Waals surface area contributed by atoms with Crippen molar-refractivity contribution >= 4 is 27.3 Å². The van der Waals surface area contributed by atoms with Gasteiger partial charge in [0.1, 0.15) is 12.7 Å². The lowest BCUT2D eigenvalue weighted by atomic mass is 10.3. The zero-order valence-corrected chi connectivity index (χ0v) is 15.9. The Morgan fingerprint density at radius 2 is 1.96 bits per heavy atom. The van der Waals surface area contributed by atoms with Crippen LogP contribution in [0.25, 0.3) is 0 Å². The first-order valence-electron chi connectivity index (χ1n) is 8.05. The lowest BCUT2D eigenvalue weighted by Crippen LogP contribution is -2.50. The molecular formula is C15H21N5O3S2. The Labute approximate surface area is 151 Å². The van der Waals surface area contributed by atoms with E-state index >= 15 is 0 Å². The first kappa shape index (κ1) is 18.0. The molecule has 1 fully saturated rings. The Balaban J connectivity index is 1.57. The minimum Gasteiger partial charge on any atom is -0.340 e. The molecule has 0 saturated carbocycles. The zero-order valence-electron chi connectivity index (χ0n) is 14.3. The van der Waals surface area contributed by atoms with Crippen LogP contribution >= 0.6 is 11.3 Å². The van der Waals surface area contributed by atoms with Gasteiger partial charge in [0.05, 0.1) is 11.4 Å². The number of nitrogens with zero attached hydrogens (tertiary/aromatic N) is 5. The van der Waals surface area contributed by atoms with E-state index in [2.05, 4.69) is 10.1 Å². The maximum Gasteiger partial charge on any atom is 0.244 e. The molecule has 0 N–H and O–H groups in total. The molecule has 10 heteroatoms. The van der Waals surface area contributed by atoms with Gasteiger partial charge in [0.25, 0.3) is 0 Å². The van der Waals surface area contributed by atoms with Crippen molar-refractivity contribution in [1.29, 1.82) is 0 Å². The highest BCUT2D eigenvalue weighted by molar-refractivity contribution is 7.89. The number of aryl methyl sites for hydroxylation is 3. The molecule has 25 heavy (non-hydrogen) atoms. The molecule has 2 aromatic heterocycles. The number of hydrogen-bond acceptors (Lipinski definition) is 6. The number of aromatic nitrogens is 3. The Hall–Kier alpha value is -1.78. The van der Waals surface area contributed by atoms with Crippen molar-refractivity contribution < 1.29 is 13.2 Å². The van der Waals surface area contributed by atoms with Crippen molar-refractivity contribution in [3.05, 3.63) is 28.5 Å². The van der Waals surface area contributed by atoms with E-state index in [1.165, 1.54) is 22.0 Å². The van der Waals surface area contributed by atoms with Crippen LogP contribution in [0, 0.1) is 13.8 Å². The summed E-state index contributed by atoms with van der Waals surface area (Å²) in [5.41, 5.74) is 0.